The van der Waals surface area contributed by atoms with Gasteiger partial charge in [-0.2, -0.15) is 0 Å². The Balaban J connectivity index is 2.07. The van der Waals surface area contributed by atoms with Gasteiger partial charge in [0.2, 0.25) is 0 Å². The van der Waals surface area contributed by atoms with Crippen molar-refractivity contribution in [3.63, 3.8) is 0 Å². The minimum Gasteiger partial charge on any atom is -0.508 e. The second-order valence-corrected chi connectivity index (χ2v) is 6.20. The van der Waals surface area contributed by atoms with Crippen molar-refractivity contribution in [2.24, 2.45) is 5.92 Å². The molecule has 6 heteroatoms. The Hall–Kier alpha value is -3.28. The summed E-state index contributed by atoms with van der Waals surface area (Å²) in [5, 5.41) is 20.8. The van der Waals surface area contributed by atoms with Crippen molar-refractivity contribution in [3.05, 3.63) is 72.3 Å². The molecule has 0 aromatic heterocycles. The molecule has 142 valence electrons. The fraction of sp³-hybridized carbons (Fsp3) is 0.238. The Kier molecular flexibility index (Phi) is 7.43. The van der Waals surface area contributed by atoms with Crippen LogP contribution >= 0.6 is 0 Å². The number of aromatic hydroxyl groups is 1. The molecular formula is C21H23NO5. The molecule has 0 saturated heterocycles. The highest BCUT2D eigenvalue weighted by Crippen LogP contribution is 2.31. The van der Waals surface area contributed by atoms with Crippen molar-refractivity contribution < 1.29 is 24.5 Å². The number of anilines is 1. The van der Waals surface area contributed by atoms with Gasteiger partial charge in [-0.3, -0.25) is 5.32 Å². The van der Waals surface area contributed by atoms with Crippen LogP contribution in [0.3, 0.4) is 0 Å². The maximum absolute atomic E-state index is 12.3. The van der Waals surface area contributed by atoms with Crippen LogP contribution in [-0.2, 0) is 9.53 Å². The zero-order valence-electron chi connectivity index (χ0n) is 15.0. The molecule has 0 radical (unpaired) electrons. The normalized spacial score (nSPS) is 13.1. The molecule has 0 aliphatic carbocycles. The number of ether oxygens (including phenoxy) is 1. The predicted octanol–water partition coefficient (Wildman–Crippen LogP) is 4.74. The van der Waals surface area contributed by atoms with Crippen LogP contribution in [0.25, 0.3) is 0 Å². The second-order valence-electron chi connectivity index (χ2n) is 6.20. The van der Waals surface area contributed by atoms with Gasteiger partial charge in [0.15, 0.2) is 0 Å². The van der Waals surface area contributed by atoms with E-state index in [0.717, 1.165) is 11.6 Å². The third-order valence-electron chi connectivity index (χ3n) is 4.04. The number of carboxylic acids is 1. The fourth-order valence-electron chi connectivity index (χ4n) is 2.66. The maximum Gasteiger partial charge on any atom is 0.412 e. The number of para-hydroxylation sites is 1. The molecule has 0 fully saturated rings. The lowest BCUT2D eigenvalue weighted by Gasteiger charge is -2.24. The smallest absolute Gasteiger partial charge is 0.412 e. The molecule has 2 atom stereocenters. The number of hydrogen-bond acceptors (Lipinski definition) is 4. The van der Waals surface area contributed by atoms with E-state index in [0.29, 0.717) is 18.5 Å². The summed E-state index contributed by atoms with van der Waals surface area (Å²) in [5.41, 5.74) is 1.38. The van der Waals surface area contributed by atoms with Gasteiger partial charge in [-0.1, -0.05) is 43.3 Å². The number of allylic oxidation sites excluding steroid dienone is 1. The van der Waals surface area contributed by atoms with E-state index in [2.05, 4.69) is 5.32 Å². The zero-order valence-corrected chi connectivity index (χ0v) is 15.0. The predicted molar refractivity (Wildman–Crippen MR) is 103 cm³/mol. The molecule has 2 aromatic rings. The topological polar surface area (TPSA) is 95.9 Å². The monoisotopic (exact) mass is 369 g/mol. The van der Waals surface area contributed by atoms with Crippen LogP contribution in [0.15, 0.2) is 66.7 Å². The van der Waals surface area contributed by atoms with Gasteiger partial charge in [-0.25, -0.2) is 9.59 Å². The quantitative estimate of drug-likeness (QED) is 0.584. The van der Waals surface area contributed by atoms with E-state index < -0.39 is 18.2 Å². The Morgan fingerprint density at radius 2 is 1.78 bits per heavy atom. The summed E-state index contributed by atoms with van der Waals surface area (Å²) >= 11 is 0. The summed E-state index contributed by atoms with van der Waals surface area (Å²) in [7, 11) is 0. The van der Waals surface area contributed by atoms with E-state index in [1.165, 1.54) is 12.1 Å². The summed E-state index contributed by atoms with van der Waals surface area (Å²) in [6, 6.07) is 15.5. The number of nitrogens with one attached hydrogen (secondary N) is 1. The molecule has 1 amide bonds. The van der Waals surface area contributed by atoms with Gasteiger partial charge in [0.25, 0.3) is 0 Å². The Bertz CT molecular complexity index is 771. The van der Waals surface area contributed by atoms with Crippen LogP contribution in [0.4, 0.5) is 10.5 Å². The van der Waals surface area contributed by atoms with Gasteiger partial charge >= 0.3 is 12.1 Å². The molecule has 27 heavy (non-hydrogen) atoms. The van der Waals surface area contributed by atoms with Gasteiger partial charge < -0.3 is 14.9 Å². The van der Waals surface area contributed by atoms with Crippen molar-refractivity contribution in [2.45, 2.75) is 25.9 Å². The minimum atomic E-state index is -0.990. The van der Waals surface area contributed by atoms with Crippen molar-refractivity contribution in [2.75, 3.05) is 5.32 Å². The summed E-state index contributed by atoms with van der Waals surface area (Å²) in [4.78, 5) is 22.9. The van der Waals surface area contributed by atoms with Crippen LogP contribution in [0.1, 0.15) is 31.4 Å². The number of benzene rings is 2. The highest BCUT2D eigenvalue weighted by Gasteiger charge is 2.23. The third-order valence-corrected chi connectivity index (χ3v) is 4.04. The lowest BCUT2D eigenvalue weighted by atomic mass is 9.93. The zero-order chi connectivity index (χ0) is 19.6. The van der Waals surface area contributed by atoms with Crippen molar-refractivity contribution in [1.29, 1.82) is 0 Å². The third kappa shape index (κ3) is 6.86. The molecule has 2 aromatic carbocycles. The molecule has 0 spiro atoms. The number of rotatable bonds is 8. The molecule has 6 nitrogen and oxygen atoms in total. The summed E-state index contributed by atoms with van der Waals surface area (Å²) in [6.07, 6.45) is 2.75. The molecule has 0 aliphatic heterocycles. The number of carboxylic acid groups (broad SMARTS) is 1. The molecule has 0 aliphatic rings. The Morgan fingerprint density at radius 1 is 1.11 bits per heavy atom. The van der Waals surface area contributed by atoms with Crippen molar-refractivity contribution in [1.82, 2.24) is 0 Å². The summed E-state index contributed by atoms with van der Waals surface area (Å²) in [5.74, 6) is -0.922. The first-order valence-corrected chi connectivity index (χ1v) is 8.67. The number of phenolic OH excluding ortho intramolecular Hbond substituents is 1. The van der Waals surface area contributed by atoms with Crippen molar-refractivity contribution in [3.8, 4) is 5.75 Å². The number of aliphatic carboxylic acids is 1. The van der Waals surface area contributed by atoms with E-state index >= 15 is 0 Å². The highest BCUT2D eigenvalue weighted by molar-refractivity contribution is 5.84. The lowest BCUT2D eigenvalue weighted by molar-refractivity contribution is -0.131. The molecule has 0 unspecified atom stereocenters. The number of amides is 1. The first kappa shape index (κ1) is 20.0. The molecule has 0 heterocycles. The van der Waals surface area contributed by atoms with E-state index in [1.54, 1.807) is 30.3 Å². The number of carbonyl (C=O) groups excluding carboxylic acids is 1. The fourth-order valence-corrected chi connectivity index (χ4v) is 2.66. The van der Waals surface area contributed by atoms with Crippen LogP contribution in [0.2, 0.25) is 0 Å². The average molecular weight is 369 g/mol. The van der Waals surface area contributed by atoms with Gasteiger partial charge in [0, 0.05) is 11.8 Å². The lowest BCUT2D eigenvalue weighted by Crippen LogP contribution is -2.22. The van der Waals surface area contributed by atoms with Gasteiger partial charge in [0.1, 0.15) is 11.9 Å². The van der Waals surface area contributed by atoms with Gasteiger partial charge in [-0.15, -0.1) is 0 Å². The van der Waals surface area contributed by atoms with E-state index in [-0.39, 0.29) is 11.7 Å². The molecule has 3 N–H and O–H groups in total. The standard InChI is InChI=1S/C21H23NO5/c1-15(7-5-6-10-19(24)25)20(16-11-13-18(23)14-12-16)27-21(26)22-17-8-3-2-4-9-17/h2-4,6,8-15,20,23H,5,7H2,1H3,(H,22,26)(H,24,25)/b10-6+/t15-,20-/m0/s1. The summed E-state index contributed by atoms with van der Waals surface area (Å²) < 4.78 is 5.65. The van der Waals surface area contributed by atoms with E-state index in [1.807, 2.05) is 25.1 Å². The van der Waals surface area contributed by atoms with E-state index in [4.69, 9.17) is 9.84 Å². The summed E-state index contributed by atoms with van der Waals surface area (Å²) in [6.45, 7) is 1.93. The number of hydrogen-bond donors (Lipinski definition) is 3. The highest BCUT2D eigenvalue weighted by atomic mass is 16.6. The van der Waals surface area contributed by atoms with Crippen LogP contribution < -0.4 is 5.32 Å². The molecule has 2 rings (SSSR count). The largest absolute Gasteiger partial charge is 0.508 e. The average Bonchev–Trinajstić information content (AvgIpc) is 2.64. The Morgan fingerprint density at radius 3 is 2.41 bits per heavy atom. The number of carbonyl (C=O) groups is 2. The van der Waals surface area contributed by atoms with Gasteiger partial charge in [-0.05, 0) is 48.6 Å². The maximum atomic E-state index is 12.3. The van der Waals surface area contributed by atoms with E-state index in [9.17, 15) is 14.7 Å². The van der Waals surface area contributed by atoms with Crippen LogP contribution in [0, 0.1) is 5.92 Å². The number of phenols is 1. The minimum absolute atomic E-state index is 0.0606. The van der Waals surface area contributed by atoms with Crippen LogP contribution in [0.5, 0.6) is 5.75 Å². The molecular weight excluding hydrogens is 346 g/mol. The molecule has 0 saturated carbocycles. The first-order chi connectivity index (χ1) is 13.0. The van der Waals surface area contributed by atoms with Crippen LogP contribution in [-0.4, -0.2) is 22.3 Å². The first-order valence-electron chi connectivity index (χ1n) is 8.67. The second kappa shape index (κ2) is 10.0. The van der Waals surface area contributed by atoms with Crippen molar-refractivity contribution >= 4 is 17.7 Å². The SMILES string of the molecule is C[C@@H](CC/C=C/C(=O)O)[C@H](OC(=O)Nc1ccccc1)c1ccc(O)cc1. The Labute approximate surface area is 158 Å². The van der Waals surface area contributed by atoms with Gasteiger partial charge in [0.05, 0.1) is 0 Å². The molecule has 0 bridgehead atoms.